The fraction of sp³-hybridized carbons (Fsp3) is 0.706. The second-order valence-corrected chi connectivity index (χ2v) is 6.69. The molecule has 0 bridgehead atoms. The third-order valence-corrected chi connectivity index (χ3v) is 4.85. The van der Waals surface area contributed by atoms with Crippen LogP contribution < -0.4 is 10.2 Å². The van der Waals surface area contributed by atoms with Gasteiger partial charge in [0.1, 0.15) is 5.69 Å². The van der Waals surface area contributed by atoms with Gasteiger partial charge in [0, 0.05) is 38.4 Å². The summed E-state index contributed by atoms with van der Waals surface area (Å²) in [6, 6.07) is 2.01. The van der Waals surface area contributed by atoms with E-state index in [2.05, 4.69) is 32.1 Å². The van der Waals surface area contributed by atoms with E-state index in [1.807, 2.05) is 0 Å². The van der Waals surface area contributed by atoms with Crippen LogP contribution in [-0.4, -0.2) is 60.0 Å². The average molecular weight is 317 g/mol. The van der Waals surface area contributed by atoms with E-state index in [1.165, 1.54) is 25.7 Å². The summed E-state index contributed by atoms with van der Waals surface area (Å²) < 4.78 is 0. The van der Waals surface area contributed by atoms with Crippen molar-refractivity contribution in [3.8, 4) is 0 Å². The SMILES string of the molecule is CN1CCN(c2nccc(C(=O)NC3CCCCCC3)n2)CC1. The van der Waals surface area contributed by atoms with Crippen molar-refractivity contribution in [2.24, 2.45) is 0 Å². The van der Waals surface area contributed by atoms with Crippen LogP contribution in [0.5, 0.6) is 0 Å². The number of piperazine rings is 1. The second-order valence-electron chi connectivity index (χ2n) is 6.69. The lowest BCUT2D eigenvalue weighted by atomic mass is 10.1. The fourth-order valence-corrected chi connectivity index (χ4v) is 3.32. The van der Waals surface area contributed by atoms with Crippen LogP contribution in [0.25, 0.3) is 0 Å². The Morgan fingerprint density at radius 1 is 1.13 bits per heavy atom. The molecule has 23 heavy (non-hydrogen) atoms. The minimum atomic E-state index is -0.0605. The molecule has 1 saturated heterocycles. The molecule has 0 radical (unpaired) electrons. The molecule has 0 aromatic carbocycles. The molecule has 1 saturated carbocycles. The van der Waals surface area contributed by atoms with Crippen molar-refractivity contribution in [3.63, 3.8) is 0 Å². The maximum atomic E-state index is 12.5. The first-order valence-electron chi connectivity index (χ1n) is 8.80. The summed E-state index contributed by atoms with van der Waals surface area (Å²) >= 11 is 0. The number of hydrogen-bond acceptors (Lipinski definition) is 5. The second kappa shape index (κ2) is 7.73. The Kier molecular flexibility index (Phi) is 5.43. The molecule has 126 valence electrons. The number of likely N-dealkylation sites (N-methyl/N-ethyl adjacent to an activating group) is 1. The number of nitrogens with one attached hydrogen (secondary N) is 1. The first-order chi connectivity index (χ1) is 11.2. The molecule has 1 amide bonds. The zero-order chi connectivity index (χ0) is 16.1. The van der Waals surface area contributed by atoms with Gasteiger partial charge in [-0.25, -0.2) is 9.97 Å². The van der Waals surface area contributed by atoms with E-state index in [0.29, 0.717) is 17.7 Å². The summed E-state index contributed by atoms with van der Waals surface area (Å²) in [4.78, 5) is 25.8. The highest BCUT2D eigenvalue weighted by molar-refractivity contribution is 5.92. The lowest BCUT2D eigenvalue weighted by Crippen LogP contribution is -2.45. The van der Waals surface area contributed by atoms with Gasteiger partial charge in [-0.15, -0.1) is 0 Å². The zero-order valence-corrected chi connectivity index (χ0v) is 14.0. The molecule has 0 atom stereocenters. The summed E-state index contributed by atoms with van der Waals surface area (Å²) in [6.45, 7) is 3.82. The van der Waals surface area contributed by atoms with E-state index in [1.54, 1.807) is 12.3 Å². The van der Waals surface area contributed by atoms with Crippen LogP contribution in [-0.2, 0) is 0 Å². The van der Waals surface area contributed by atoms with E-state index < -0.39 is 0 Å². The van der Waals surface area contributed by atoms with Crippen molar-refractivity contribution in [3.05, 3.63) is 18.0 Å². The summed E-state index contributed by atoms with van der Waals surface area (Å²) in [6.07, 6.45) is 8.86. The van der Waals surface area contributed by atoms with Crippen molar-refractivity contribution < 1.29 is 4.79 Å². The van der Waals surface area contributed by atoms with Crippen LogP contribution in [0.15, 0.2) is 12.3 Å². The first kappa shape index (κ1) is 16.2. The molecule has 3 rings (SSSR count). The first-order valence-corrected chi connectivity index (χ1v) is 8.80. The molecule has 0 spiro atoms. The number of aromatic nitrogens is 2. The molecule has 1 aromatic rings. The Morgan fingerprint density at radius 2 is 1.83 bits per heavy atom. The Bertz CT molecular complexity index is 519. The van der Waals surface area contributed by atoms with Gasteiger partial charge < -0.3 is 15.1 Å². The predicted molar refractivity (Wildman–Crippen MR) is 90.7 cm³/mol. The minimum absolute atomic E-state index is 0.0605. The third kappa shape index (κ3) is 4.41. The summed E-state index contributed by atoms with van der Waals surface area (Å²) in [5.74, 6) is 0.612. The number of nitrogens with zero attached hydrogens (tertiary/aromatic N) is 4. The van der Waals surface area contributed by atoms with Gasteiger partial charge in [-0.1, -0.05) is 25.7 Å². The molecular formula is C17H27N5O. The molecule has 0 unspecified atom stereocenters. The smallest absolute Gasteiger partial charge is 0.270 e. The van der Waals surface area contributed by atoms with Gasteiger partial charge in [-0.3, -0.25) is 4.79 Å². The molecule has 6 nitrogen and oxygen atoms in total. The molecule has 2 heterocycles. The lowest BCUT2D eigenvalue weighted by molar-refractivity contribution is 0.0928. The van der Waals surface area contributed by atoms with E-state index in [4.69, 9.17) is 0 Å². The van der Waals surface area contributed by atoms with Crippen LogP contribution in [0.3, 0.4) is 0 Å². The van der Waals surface area contributed by atoms with Crippen molar-refractivity contribution in [2.45, 2.75) is 44.6 Å². The summed E-state index contributed by atoms with van der Waals surface area (Å²) in [5.41, 5.74) is 0.484. The number of carbonyl (C=O) groups excluding carboxylic acids is 1. The highest BCUT2D eigenvalue weighted by Gasteiger charge is 2.20. The van der Waals surface area contributed by atoms with E-state index in [9.17, 15) is 4.79 Å². The Hall–Kier alpha value is -1.69. The molecule has 6 heteroatoms. The van der Waals surface area contributed by atoms with E-state index in [-0.39, 0.29) is 5.91 Å². The van der Waals surface area contributed by atoms with Crippen LogP contribution in [0.4, 0.5) is 5.95 Å². The maximum Gasteiger partial charge on any atom is 0.270 e. The third-order valence-electron chi connectivity index (χ3n) is 4.85. The standard InChI is InChI=1S/C17H27N5O/c1-21-10-12-22(13-11-21)17-18-9-8-15(20-17)16(23)19-14-6-4-2-3-5-7-14/h8-9,14H,2-7,10-13H2,1H3,(H,19,23). The molecule has 2 aliphatic rings. The Morgan fingerprint density at radius 3 is 2.52 bits per heavy atom. The summed E-state index contributed by atoms with van der Waals surface area (Å²) in [7, 11) is 2.12. The minimum Gasteiger partial charge on any atom is -0.348 e. The van der Waals surface area contributed by atoms with Gasteiger partial charge in [0.25, 0.3) is 5.91 Å². The molecule has 1 aromatic heterocycles. The monoisotopic (exact) mass is 317 g/mol. The van der Waals surface area contributed by atoms with Gasteiger partial charge in [0.05, 0.1) is 0 Å². The fourth-order valence-electron chi connectivity index (χ4n) is 3.32. The molecule has 2 fully saturated rings. The number of carbonyl (C=O) groups is 1. The average Bonchev–Trinajstić information content (AvgIpc) is 2.84. The van der Waals surface area contributed by atoms with Gasteiger partial charge in [-0.2, -0.15) is 0 Å². The zero-order valence-electron chi connectivity index (χ0n) is 14.0. The molecular weight excluding hydrogens is 290 g/mol. The topological polar surface area (TPSA) is 61.4 Å². The Labute approximate surface area is 138 Å². The molecule has 1 aliphatic carbocycles. The van der Waals surface area contributed by atoms with Crippen LogP contribution >= 0.6 is 0 Å². The van der Waals surface area contributed by atoms with Crippen LogP contribution in [0.1, 0.15) is 49.0 Å². The quantitative estimate of drug-likeness (QED) is 0.860. The van der Waals surface area contributed by atoms with Gasteiger partial charge in [0.2, 0.25) is 5.95 Å². The van der Waals surface area contributed by atoms with Gasteiger partial charge in [-0.05, 0) is 26.0 Å². The number of amides is 1. The van der Waals surface area contributed by atoms with Gasteiger partial charge in [0.15, 0.2) is 0 Å². The highest BCUT2D eigenvalue weighted by Crippen LogP contribution is 2.18. The maximum absolute atomic E-state index is 12.5. The Balaban J connectivity index is 1.63. The van der Waals surface area contributed by atoms with Gasteiger partial charge >= 0.3 is 0 Å². The number of anilines is 1. The van der Waals surface area contributed by atoms with E-state index >= 15 is 0 Å². The van der Waals surface area contributed by atoms with Crippen LogP contribution in [0, 0.1) is 0 Å². The lowest BCUT2D eigenvalue weighted by Gasteiger charge is -2.32. The van der Waals surface area contributed by atoms with Crippen molar-refractivity contribution in [1.29, 1.82) is 0 Å². The van der Waals surface area contributed by atoms with Crippen molar-refractivity contribution in [1.82, 2.24) is 20.2 Å². The van der Waals surface area contributed by atoms with Crippen molar-refractivity contribution in [2.75, 3.05) is 38.1 Å². The van der Waals surface area contributed by atoms with Crippen molar-refractivity contribution >= 4 is 11.9 Å². The number of rotatable bonds is 3. The normalized spacial score (nSPS) is 21.0. The van der Waals surface area contributed by atoms with E-state index in [0.717, 1.165) is 39.0 Å². The number of hydrogen-bond donors (Lipinski definition) is 1. The summed E-state index contributed by atoms with van der Waals surface area (Å²) in [5, 5.41) is 3.16. The predicted octanol–water partition coefficient (Wildman–Crippen LogP) is 1.68. The molecule has 1 aliphatic heterocycles. The largest absolute Gasteiger partial charge is 0.348 e. The van der Waals surface area contributed by atoms with Crippen LogP contribution in [0.2, 0.25) is 0 Å². The highest BCUT2D eigenvalue weighted by atomic mass is 16.1. The molecule has 1 N–H and O–H groups in total.